The van der Waals surface area contributed by atoms with Crippen LogP contribution in [0.4, 0.5) is 0 Å². The molecule has 0 fully saturated rings. The van der Waals surface area contributed by atoms with Crippen molar-refractivity contribution >= 4 is 36.4 Å². The van der Waals surface area contributed by atoms with Gasteiger partial charge in [0.1, 0.15) is 10.8 Å². The van der Waals surface area contributed by atoms with Gasteiger partial charge in [-0.1, -0.05) is 11.6 Å². The smallest absolute Gasteiger partial charge is 0.147 e. The second kappa shape index (κ2) is 4.34. The molecule has 11 heavy (non-hydrogen) atoms. The normalized spacial score (nSPS) is 8.45. The molecule has 0 aromatic carbocycles. The predicted octanol–water partition coefficient (Wildman–Crippen LogP) is -0.887. The molecular formula is C5H2ClLiN2O2-. The Morgan fingerprint density at radius 2 is 2.09 bits per heavy atom. The van der Waals surface area contributed by atoms with Gasteiger partial charge in [0, 0.05) is 18.9 Å². The molecule has 1 radical (unpaired) electrons. The average Bonchev–Trinajstić information content (AvgIpc) is 1.88. The summed E-state index contributed by atoms with van der Waals surface area (Å²) in [7, 11) is 0. The molecule has 1 heterocycles. The van der Waals surface area contributed by atoms with Crippen molar-refractivity contribution in [3.05, 3.63) is 23.2 Å². The molecule has 0 saturated heterocycles. The molecule has 1 rings (SSSR count). The third kappa shape index (κ3) is 2.89. The maximum absolute atomic E-state index is 10.1. The van der Waals surface area contributed by atoms with Crippen molar-refractivity contribution in [3.63, 3.8) is 0 Å². The summed E-state index contributed by atoms with van der Waals surface area (Å²) in [6, 6.07) is 0. The van der Waals surface area contributed by atoms with Crippen LogP contribution in [0.15, 0.2) is 12.4 Å². The number of nitrogens with zero attached hydrogens (tertiary/aromatic N) is 2. The van der Waals surface area contributed by atoms with Crippen LogP contribution in [0.1, 0.15) is 10.5 Å². The minimum Gasteiger partial charge on any atom is -0.543 e. The molecule has 1 aromatic heterocycles. The second-order valence-electron chi connectivity index (χ2n) is 1.51. The van der Waals surface area contributed by atoms with Crippen molar-refractivity contribution in [1.82, 2.24) is 9.97 Å². The number of hydrogen-bond donors (Lipinski definition) is 0. The third-order valence-corrected chi connectivity index (χ3v) is 1.02. The Morgan fingerprint density at radius 1 is 1.45 bits per heavy atom. The van der Waals surface area contributed by atoms with E-state index in [-0.39, 0.29) is 29.7 Å². The van der Waals surface area contributed by atoms with Gasteiger partial charge < -0.3 is 9.90 Å². The van der Waals surface area contributed by atoms with E-state index in [2.05, 4.69) is 9.97 Å². The van der Waals surface area contributed by atoms with E-state index < -0.39 is 5.97 Å². The van der Waals surface area contributed by atoms with Crippen LogP contribution in [0.25, 0.3) is 0 Å². The van der Waals surface area contributed by atoms with Crippen LogP contribution >= 0.6 is 11.6 Å². The fourth-order valence-electron chi connectivity index (χ4n) is 0.418. The Hall–Kier alpha value is -0.563. The zero-order valence-corrected chi connectivity index (χ0v) is 6.50. The van der Waals surface area contributed by atoms with E-state index >= 15 is 0 Å². The summed E-state index contributed by atoms with van der Waals surface area (Å²) < 4.78 is 0. The number of carboxylic acids is 1. The van der Waals surface area contributed by atoms with Crippen molar-refractivity contribution in [2.75, 3.05) is 0 Å². The average molecular weight is 164 g/mol. The molecule has 0 aliphatic carbocycles. The van der Waals surface area contributed by atoms with Gasteiger partial charge in [-0.15, -0.1) is 0 Å². The number of carbonyl (C=O) groups is 1. The van der Waals surface area contributed by atoms with Crippen LogP contribution in [0.2, 0.25) is 5.15 Å². The number of hydrogen-bond acceptors (Lipinski definition) is 4. The van der Waals surface area contributed by atoms with Crippen LogP contribution in [-0.4, -0.2) is 34.8 Å². The van der Waals surface area contributed by atoms with Crippen molar-refractivity contribution in [3.8, 4) is 0 Å². The van der Waals surface area contributed by atoms with Crippen LogP contribution in [-0.2, 0) is 0 Å². The topological polar surface area (TPSA) is 65.9 Å². The zero-order chi connectivity index (χ0) is 7.56. The molecule has 1 aromatic rings. The van der Waals surface area contributed by atoms with E-state index in [1.54, 1.807) is 0 Å². The van der Waals surface area contributed by atoms with Crippen molar-refractivity contribution < 1.29 is 9.90 Å². The quantitative estimate of drug-likeness (QED) is 0.505. The van der Waals surface area contributed by atoms with Gasteiger partial charge in [0.25, 0.3) is 0 Å². The van der Waals surface area contributed by atoms with Crippen LogP contribution in [0.5, 0.6) is 0 Å². The van der Waals surface area contributed by atoms with E-state index in [9.17, 15) is 9.90 Å². The molecule has 0 aliphatic heterocycles. The molecule has 0 N–H and O–H groups in total. The summed E-state index contributed by atoms with van der Waals surface area (Å²) >= 11 is 5.33. The monoisotopic (exact) mass is 164 g/mol. The zero-order valence-electron chi connectivity index (χ0n) is 5.74. The number of rotatable bonds is 1. The van der Waals surface area contributed by atoms with Crippen LogP contribution in [0, 0.1) is 0 Å². The van der Waals surface area contributed by atoms with Crippen LogP contribution < -0.4 is 5.11 Å². The molecule has 0 unspecified atom stereocenters. The van der Waals surface area contributed by atoms with Gasteiger partial charge in [0.2, 0.25) is 0 Å². The van der Waals surface area contributed by atoms with Gasteiger partial charge in [-0.3, -0.25) is 4.98 Å². The van der Waals surface area contributed by atoms with E-state index in [1.165, 1.54) is 0 Å². The van der Waals surface area contributed by atoms with Gasteiger partial charge in [-0.25, -0.2) is 4.98 Å². The third-order valence-electron chi connectivity index (χ3n) is 0.829. The summed E-state index contributed by atoms with van der Waals surface area (Å²) in [5, 5.41) is 10.2. The van der Waals surface area contributed by atoms with E-state index in [4.69, 9.17) is 11.6 Å². The standard InChI is InChI=1S/C5H3ClN2O2.Li/c6-4-2-7-3(1-8-4)5(9)10;/h1-2H,(H,9,10);/p-1. The minimum absolute atomic E-state index is 0. The maximum atomic E-state index is 10.1. The fraction of sp³-hybridized carbons (Fsp3) is 0. The number of carboxylic acid groups (broad SMARTS) is 1. The molecular weight excluding hydrogens is 162 g/mol. The van der Waals surface area contributed by atoms with Crippen molar-refractivity contribution in [2.24, 2.45) is 0 Å². The Morgan fingerprint density at radius 3 is 2.45 bits per heavy atom. The van der Waals surface area contributed by atoms with E-state index in [0.717, 1.165) is 12.4 Å². The first-order valence-electron chi connectivity index (χ1n) is 2.39. The number of aromatic nitrogens is 2. The Balaban J connectivity index is 0.000001000. The molecule has 4 nitrogen and oxygen atoms in total. The van der Waals surface area contributed by atoms with Crippen LogP contribution in [0.3, 0.4) is 0 Å². The minimum atomic E-state index is -1.36. The molecule has 6 heteroatoms. The maximum Gasteiger partial charge on any atom is 0.147 e. The largest absolute Gasteiger partial charge is 0.543 e. The number of halogens is 1. The molecule has 0 bridgehead atoms. The number of aromatic carboxylic acids is 1. The van der Waals surface area contributed by atoms with Gasteiger partial charge in [-0.05, 0) is 0 Å². The van der Waals surface area contributed by atoms with E-state index in [0.29, 0.717) is 0 Å². The predicted molar refractivity (Wildman–Crippen MR) is 37.1 cm³/mol. The van der Waals surface area contributed by atoms with Gasteiger partial charge in [0.05, 0.1) is 18.4 Å². The summed E-state index contributed by atoms with van der Waals surface area (Å²) in [5.41, 5.74) is -0.218. The van der Waals surface area contributed by atoms with E-state index in [1.807, 2.05) is 0 Å². The Kier molecular flexibility index (Phi) is 4.12. The first kappa shape index (κ1) is 10.4. The molecule has 0 aliphatic rings. The fourth-order valence-corrected chi connectivity index (χ4v) is 0.515. The van der Waals surface area contributed by atoms with Gasteiger partial charge in [0.15, 0.2) is 0 Å². The second-order valence-corrected chi connectivity index (χ2v) is 1.90. The molecule has 0 spiro atoms. The summed E-state index contributed by atoms with van der Waals surface area (Å²) in [5.74, 6) is -1.36. The molecule has 53 valence electrons. The van der Waals surface area contributed by atoms with Crippen molar-refractivity contribution in [2.45, 2.75) is 0 Å². The summed E-state index contributed by atoms with van der Waals surface area (Å²) in [6.07, 6.45) is 2.18. The molecule has 0 saturated carbocycles. The SMILES string of the molecule is O=C([O-])c1cnc(Cl)cn1.[Li]. The summed E-state index contributed by atoms with van der Waals surface area (Å²) in [4.78, 5) is 17.0. The first-order chi connectivity index (χ1) is 4.70. The Labute approximate surface area is 79.8 Å². The number of carbonyl (C=O) groups excluding carboxylic acids is 1. The summed E-state index contributed by atoms with van der Waals surface area (Å²) in [6.45, 7) is 0. The Bertz CT molecular complexity index is 251. The molecule has 0 amide bonds. The first-order valence-corrected chi connectivity index (χ1v) is 2.77. The van der Waals surface area contributed by atoms with Gasteiger partial charge in [-0.2, -0.15) is 0 Å². The van der Waals surface area contributed by atoms with Gasteiger partial charge >= 0.3 is 0 Å². The molecule has 0 atom stereocenters. The van der Waals surface area contributed by atoms with Crippen molar-refractivity contribution in [1.29, 1.82) is 0 Å².